The third kappa shape index (κ3) is 3.35. The summed E-state index contributed by atoms with van der Waals surface area (Å²) in [5.41, 5.74) is 0.516. The predicted octanol–water partition coefficient (Wildman–Crippen LogP) is 2.19. The van der Waals surface area contributed by atoms with Gasteiger partial charge in [-0.25, -0.2) is 9.78 Å². The van der Waals surface area contributed by atoms with Crippen molar-refractivity contribution in [3.63, 3.8) is 0 Å². The molecule has 0 bridgehead atoms. The van der Waals surface area contributed by atoms with Crippen LogP contribution in [0.4, 0.5) is 5.69 Å². The monoisotopic (exact) mass is 321 g/mol. The molecule has 2 heterocycles. The second kappa shape index (κ2) is 5.57. The number of carboxylic acids is 1. The fourth-order valence-corrected chi connectivity index (χ4v) is 1.70. The number of nitrogens with zero attached hydrogens (tertiary/aromatic N) is 2. The maximum atomic E-state index is 11.9. The summed E-state index contributed by atoms with van der Waals surface area (Å²) in [6, 6.07) is 6.25. The van der Waals surface area contributed by atoms with Crippen LogP contribution in [-0.2, 0) is 0 Å². The van der Waals surface area contributed by atoms with Gasteiger partial charge in [-0.3, -0.25) is 9.78 Å². The number of pyridine rings is 2. The highest BCUT2D eigenvalue weighted by Crippen LogP contribution is 2.11. The Morgan fingerprint density at radius 1 is 1.26 bits per heavy atom. The Kier molecular flexibility index (Phi) is 3.86. The standard InChI is InChI=1S/C12H8BrN3O3/c13-10-3-1-2-9(16-10)11(17)15-8-4-7(12(18)19)5-14-6-8/h1-6H,(H,15,17)(H,18,19). The maximum absolute atomic E-state index is 11.9. The van der Waals surface area contributed by atoms with Crippen LogP contribution in [0.2, 0.25) is 0 Å². The van der Waals surface area contributed by atoms with Crippen molar-refractivity contribution < 1.29 is 14.7 Å². The molecule has 0 saturated carbocycles. The number of rotatable bonds is 3. The fraction of sp³-hybridized carbons (Fsp3) is 0. The van der Waals surface area contributed by atoms with Gasteiger partial charge in [0.2, 0.25) is 0 Å². The Balaban J connectivity index is 2.19. The van der Waals surface area contributed by atoms with Gasteiger partial charge in [-0.2, -0.15) is 0 Å². The first-order valence-electron chi connectivity index (χ1n) is 5.18. The lowest BCUT2D eigenvalue weighted by Gasteiger charge is -2.05. The molecule has 0 fully saturated rings. The van der Waals surface area contributed by atoms with E-state index in [9.17, 15) is 9.59 Å². The molecule has 0 aliphatic heterocycles. The molecule has 19 heavy (non-hydrogen) atoms. The number of aromatic carboxylic acids is 1. The lowest BCUT2D eigenvalue weighted by Crippen LogP contribution is -2.14. The number of hydrogen-bond acceptors (Lipinski definition) is 4. The summed E-state index contributed by atoms with van der Waals surface area (Å²) < 4.78 is 0.539. The summed E-state index contributed by atoms with van der Waals surface area (Å²) in [7, 11) is 0. The third-order valence-corrected chi connectivity index (χ3v) is 2.63. The van der Waals surface area contributed by atoms with E-state index < -0.39 is 11.9 Å². The van der Waals surface area contributed by atoms with Crippen LogP contribution in [0, 0.1) is 0 Å². The Morgan fingerprint density at radius 2 is 2.05 bits per heavy atom. The van der Waals surface area contributed by atoms with E-state index in [1.807, 2.05) is 0 Å². The fourth-order valence-electron chi connectivity index (χ4n) is 1.36. The quantitative estimate of drug-likeness (QED) is 0.845. The van der Waals surface area contributed by atoms with Crippen LogP contribution in [0.3, 0.4) is 0 Å². The van der Waals surface area contributed by atoms with Crippen molar-refractivity contribution in [1.82, 2.24) is 9.97 Å². The van der Waals surface area contributed by atoms with Crippen LogP contribution in [0.15, 0.2) is 41.3 Å². The smallest absolute Gasteiger partial charge is 0.337 e. The molecule has 2 aromatic rings. The minimum atomic E-state index is -1.11. The van der Waals surface area contributed by atoms with Crippen molar-refractivity contribution in [2.75, 3.05) is 5.32 Å². The van der Waals surface area contributed by atoms with Gasteiger partial charge < -0.3 is 10.4 Å². The lowest BCUT2D eigenvalue weighted by atomic mass is 10.2. The highest BCUT2D eigenvalue weighted by Gasteiger charge is 2.10. The number of nitrogens with one attached hydrogen (secondary N) is 1. The average Bonchev–Trinajstić information content (AvgIpc) is 2.39. The van der Waals surface area contributed by atoms with Crippen LogP contribution < -0.4 is 5.32 Å². The summed E-state index contributed by atoms with van der Waals surface area (Å²) in [6.07, 6.45) is 2.57. The van der Waals surface area contributed by atoms with E-state index in [-0.39, 0.29) is 11.3 Å². The van der Waals surface area contributed by atoms with Crippen molar-refractivity contribution in [2.45, 2.75) is 0 Å². The Morgan fingerprint density at radius 3 is 2.74 bits per heavy atom. The molecule has 96 valence electrons. The van der Waals surface area contributed by atoms with Crippen LogP contribution in [-0.4, -0.2) is 27.0 Å². The molecule has 0 saturated heterocycles. The zero-order chi connectivity index (χ0) is 13.8. The summed E-state index contributed by atoms with van der Waals surface area (Å²) in [5, 5.41) is 11.4. The van der Waals surface area contributed by atoms with Gasteiger partial charge in [-0.05, 0) is 34.1 Å². The lowest BCUT2D eigenvalue weighted by molar-refractivity contribution is 0.0696. The predicted molar refractivity (Wildman–Crippen MR) is 71.1 cm³/mol. The molecule has 2 aromatic heterocycles. The molecule has 2 N–H and O–H groups in total. The van der Waals surface area contributed by atoms with Gasteiger partial charge in [0.25, 0.3) is 5.91 Å². The molecule has 7 heteroatoms. The molecule has 0 aliphatic rings. The maximum Gasteiger partial charge on any atom is 0.337 e. The number of aromatic nitrogens is 2. The SMILES string of the molecule is O=C(O)c1cncc(NC(=O)c2cccc(Br)n2)c1. The highest BCUT2D eigenvalue weighted by atomic mass is 79.9. The zero-order valence-corrected chi connectivity index (χ0v) is 11.1. The second-order valence-electron chi connectivity index (χ2n) is 3.57. The van der Waals surface area contributed by atoms with Crippen molar-refractivity contribution in [3.05, 3.63) is 52.5 Å². The Labute approximate surface area is 116 Å². The van der Waals surface area contributed by atoms with Crippen molar-refractivity contribution in [3.8, 4) is 0 Å². The van der Waals surface area contributed by atoms with E-state index in [4.69, 9.17) is 5.11 Å². The van der Waals surface area contributed by atoms with Gasteiger partial charge in [-0.1, -0.05) is 6.07 Å². The minimum Gasteiger partial charge on any atom is -0.478 e. The highest BCUT2D eigenvalue weighted by molar-refractivity contribution is 9.10. The number of hydrogen-bond donors (Lipinski definition) is 2. The number of carboxylic acid groups (broad SMARTS) is 1. The van der Waals surface area contributed by atoms with E-state index in [0.717, 1.165) is 0 Å². The van der Waals surface area contributed by atoms with E-state index in [0.29, 0.717) is 10.3 Å². The molecule has 0 aromatic carbocycles. The number of anilines is 1. The van der Waals surface area contributed by atoms with Gasteiger partial charge in [-0.15, -0.1) is 0 Å². The summed E-state index contributed by atoms with van der Waals surface area (Å²) >= 11 is 3.17. The third-order valence-electron chi connectivity index (χ3n) is 2.19. The van der Waals surface area contributed by atoms with Crippen LogP contribution >= 0.6 is 15.9 Å². The van der Waals surface area contributed by atoms with Crippen molar-refractivity contribution in [2.24, 2.45) is 0 Å². The molecule has 0 unspecified atom stereocenters. The van der Waals surface area contributed by atoms with Gasteiger partial charge in [0, 0.05) is 6.20 Å². The van der Waals surface area contributed by atoms with Crippen LogP contribution in [0.5, 0.6) is 0 Å². The average molecular weight is 322 g/mol. The first-order chi connectivity index (χ1) is 9.06. The normalized spacial score (nSPS) is 9.95. The van der Waals surface area contributed by atoms with E-state index in [2.05, 4.69) is 31.2 Å². The van der Waals surface area contributed by atoms with E-state index >= 15 is 0 Å². The van der Waals surface area contributed by atoms with E-state index in [1.54, 1.807) is 18.2 Å². The molecular formula is C12H8BrN3O3. The van der Waals surface area contributed by atoms with Crippen molar-refractivity contribution >= 4 is 33.5 Å². The molecule has 2 rings (SSSR count). The number of carbonyl (C=O) groups is 2. The molecule has 0 atom stereocenters. The Bertz CT molecular complexity index is 646. The topological polar surface area (TPSA) is 92.2 Å². The van der Waals surface area contributed by atoms with Gasteiger partial charge in [0.1, 0.15) is 10.3 Å². The molecular weight excluding hydrogens is 314 g/mol. The van der Waals surface area contributed by atoms with E-state index in [1.165, 1.54) is 18.5 Å². The van der Waals surface area contributed by atoms with Gasteiger partial charge in [0.15, 0.2) is 0 Å². The minimum absolute atomic E-state index is 0.00000131. The van der Waals surface area contributed by atoms with Gasteiger partial charge >= 0.3 is 5.97 Å². The van der Waals surface area contributed by atoms with Crippen LogP contribution in [0.1, 0.15) is 20.8 Å². The molecule has 0 aliphatic carbocycles. The molecule has 0 radical (unpaired) electrons. The van der Waals surface area contributed by atoms with Crippen LogP contribution in [0.25, 0.3) is 0 Å². The molecule has 1 amide bonds. The summed E-state index contributed by atoms with van der Waals surface area (Å²) in [4.78, 5) is 30.4. The second-order valence-corrected chi connectivity index (χ2v) is 4.38. The summed E-state index contributed by atoms with van der Waals surface area (Å²) in [5.74, 6) is -1.55. The summed E-state index contributed by atoms with van der Waals surface area (Å²) in [6.45, 7) is 0. The zero-order valence-electron chi connectivity index (χ0n) is 9.50. The van der Waals surface area contributed by atoms with Gasteiger partial charge in [0.05, 0.1) is 17.4 Å². The molecule has 0 spiro atoms. The number of halogens is 1. The largest absolute Gasteiger partial charge is 0.478 e. The first-order valence-corrected chi connectivity index (χ1v) is 5.98. The number of amides is 1. The molecule has 6 nitrogen and oxygen atoms in total. The Hall–Kier alpha value is -2.28. The van der Waals surface area contributed by atoms with Crippen molar-refractivity contribution in [1.29, 1.82) is 0 Å². The first kappa shape index (κ1) is 13.2. The number of carbonyl (C=O) groups excluding carboxylic acids is 1.